The SMILES string of the molecule is CC(C)n1cnc2c(NCc3ccccc3)cc(Cl)nc21. The van der Waals surface area contributed by atoms with Gasteiger partial charge in [-0.05, 0) is 19.4 Å². The Bertz CT molecular complexity index is 750. The average Bonchev–Trinajstić information content (AvgIpc) is 2.89. The van der Waals surface area contributed by atoms with Crippen molar-refractivity contribution >= 4 is 28.5 Å². The summed E-state index contributed by atoms with van der Waals surface area (Å²) in [6, 6.07) is 12.3. The Morgan fingerprint density at radius 2 is 2.00 bits per heavy atom. The summed E-state index contributed by atoms with van der Waals surface area (Å²) < 4.78 is 2.02. The van der Waals surface area contributed by atoms with E-state index in [4.69, 9.17) is 11.6 Å². The van der Waals surface area contributed by atoms with Gasteiger partial charge in [-0.3, -0.25) is 0 Å². The van der Waals surface area contributed by atoms with Crippen LogP contribution in [0.25, 0.3) is 11.2 Å². The smallest absolute Gasteiger partial charge is 0.163 e. The molecule has 0 amide bonds. The molecule has 1 N–H and O–H groups in total. The molecule has 0 unspecified atom stereocenters. The van der Waals surface area contributed by atoms with Crippen LogP contribution in [0.3, 0.4) is 0 Å². The molecule has 0 radical (unpaired) electrons. The number of aromatic nitrogens is 3. The molecule has 4 nitrogen and oxygen atoms in total. The van der Waals surface area contributed by atoms with Crippen LogP contribution in [0.1, 0.15) is 25.5 Å². The summed E-state index contributed by atoms with van der Waals surface area (Å²) in [4.78, 5) is 8.87. The minimum atomic E-state index is 0.294. The van der Waals surface area contributed by atoms with E-state index in [1.807, 2.05) is 35.2 Å². The predicted octanol–water partition coefficient (Wildman–Crippen LogP) is 4.28. The number of rotatable bonds is 4. The zero-order valence-electron chi connectivity index (χ0n) is 12.0. The third-order valence-corrected chi connectivity index (χ3v) is 3.57. The molecule has 3 rings (SSSR count). The molecule has 1 aromatic carbocycles. The zero-order valence-corrected chi connectivity index (χ0v) is 12.8. The largest absolute Gasteiger partial charge is 0.379 e. The fourth-order valence-electron chi connectivity index (χ4n) is 2.28. The number of imidazole rings is 1. The fraction of sp³-hybridized carbons (Fsp3) is 0.250. The van der Waals surface area contributed by atoms with Crippen LogP contribution in [0.5, 0.6) is 0 Å². The minimum Gasteiger partial charge on any atom is -0.379 e. The number of nitrogens with one attached hydrogen (secondary N) is 1. The number of anilines is 1. The second-order valence-corrected chi connectivity index (χ2v) is 5.64. The lowest BCUT2D eigenvalue weighted by Gasteiger charge is -2.10. The van der Waals surface area contributed by atoms with Crippen molar-refractivity contribution in [2.75, 3.05) is 5.32 Å². The molecule has 108 valence electrons. The van der Waals surface area contributed by atoms with Gasteiger partial charge in [-0.1, -0.05) is 41.9 Å². The standard InChI is InChI=1S/C16H17ClN4/c1-11(2)21-10-19-15-13(8-14(17)20-16(15)21)18-9-12-6-4-3-5-7-12/h3-8,10-11H,9H2,1-2H3,(H,18,20). The molecule has 5 heteroatoms. The van der Waals surface area contributed by atoms with Crippen molar-refractivity contribution in [2.24, 2.45) is 0 Å². The Balaban J connectivity index is 1.95. The highest BCUT2D eigenvalue weighted by Crippen LogP contribution is 2.26. The number of hydrogen-bond acceptors (Lipinski definition) is 3. The molecule has 0 saturated heterocycles. The predicted molar refractivity (Wildman–Crippen MR) is 86.7 cm³/mol. The maximum absolute atomic E-state index is 6.15. The number of pyridine rings is 1. The summed E-state index contributed by atoms with van der Waals surface area (Å²) in [7, 11) is 0. The van der Waals surface area contributed by atoms with E-state index < -0.39 is 0 Å². The van der Waals surface area contributed by atoms with E-state index in [1.165, 1.54) is 5.56 Å². The average molecular weight is 301 g/mol. The van der Waals surface area contributed by atoms with E-state index in [0.717, 1.165) is 23.4 Å². The quantitative estimate of drug-likeness (QED) is 0.731. The van der Waals surface area contributed by atoms with Gasteiger partial charge in [0.05, 0.1) is 12.0 Å². The first-order valence-corrected chi connectivity index (χ1v) is 7.34. The Labute approximate surface area is 128 Å². The van der Waals surface area contributed by atoms with Gasteiger partial charge in [-0.15, -0.1) is 0 Å². The van der Waals surface area contributed by atoms with Crippen LogP contribution in [0, 0.1) is 0 Å². The van der Waals surface area contributed by atoms with Crippen LogP contribution in [-0.4, -0.2) is 14.5 Å². The van der Waals surface area contributed by atoms with E-state index >= 15 is 0 Å². The second-order valence-electron chi connectivity index (χ2n) is 5.25. The highest BCUT2D eigenvalue weighted by Gasteiger charge is 2.12. The van der Waals surface area contributed by atoms with Crippen LogP contribution in [0.15, 0.2) is 42.7 Å². The van der Waals surface area contributed by atoms with Gasteiger partial charge in [0.2, 0.25) is 0 Å². The molecule has 2 heterocycles. The van der Waals surface area contributed by atoms with E-state index in [9.17, 15) is 0 Å². The van der Waals surface area contributed by atoms with E-state index in [2.05, 4.69) is 41.3 Å². The molecule has 0 aliphatic rings. The third kappa shape index (κ3) is 2.85. The summed E-state index contributed by atoms with van der Waals surface area (Å²) >= 11 is 6.15. The van der Waals surface area contributed by atoms with Crippen LogP contribution >= 0.6 is 11.6 Å². The van der Waals surface area contributed by atoms with Gasteiger partial charge < -0.3 is 9.88 Å². The topological polar surface area (TPSA) is 42.7 Å². The lowest BCUT2D eigenvalue weighted by atomic mass is 10.2. The monoisotopic (exact) mass is 300 g/mol. The van der Waals surface area contributed by atoms with Crippen molar-refractivity contribution in [3.8, 4) is 0 Å². The van der Waals surface area contributed by atoms with Crippen molar-refractivity contribution in [1.29, 1.82) is 0 Å². The third-order valence-electron chi connectivity index (χ3n) is 3.38. The molecule has 3 aromatic rings. The summed E-state index contributed by atoms with van der Waals surface area (Å²) in [5, 5.41) is 3.87. The van der Waals surface area contributed by atoms with Gasteiger partial charge in [0.15, 0.2) is 5.65 Å². The van der Waals surface area contributed by atoms with Gasteiger partial charge >= 0.3 is 0 Å². The number of nitrogens with zero attached hydrogens (tertiary/aromatic N) is 3. The van der Waals surface area contributed by atoms with Gasteiger partial charge in [0, 0.05) is 18.7 Å². The number of hydrogen-bond donors (Lipinski definition) is 1. The molecule has 0 aliphatic carbocycles. The highest BCUT2D eigenvalue weighted by atomic mass is 35.5. The summed E-state index contributed by atoms with van der Waals surface area (Å²) in [6.07, 6.45) is 1.81. The zero-order chi connectivity index (χ0) is 14.8. The van der Waals surface area contributed by atoms with Crippen molar-refractivity contribution in [3.63, 3.8) is 0 Å². The normalized spacial score (nSPS) is 11.2. The molecule has 21 heavy (non-hydrogen) atoms. The Morgan fingerprint density at radius 3 is 2.71 bits per heavy atom. The Morgan fingerprint density at radius 1 is 1.24 bits per heavy atom. The van der Waals surface area contributed by atoms with Crippen LogP contribution in [-0.2, 0) is 6.54 Å². The first-order valence-electron chi connectivity index (χ1n) is 6.96. The number of benzene rings is 1. The molecular formula is C16H17ClN4. The fourth-order valence-corrected chi connectivity index (χ4v) is 2.47. The lowest BCUT2D eigenvalue weighted by Crippen LogP contribution is -2.03. The van der Waals surface area contributed by atoms with Crippen molar-refractivity contribution in [3.05, 3.63) is 53.4 Å². The second kappa shape index (κ2) is 5.74. The Hall–Kier alpha value is -2.07. The van der Waals surface area contributed by atoms with Crippen LogP contribution in [0.2, 0.25) is 5.15 Å². The summed E-state index contributed by atoms with van der Waals surface area (Å²) in [5.41, 5.74) is 3.78. The van der Waals surface area contributed by atoms with E-state index in [-0.39, 0.29) is 0 Å². The van der Waals surface area contributed by atoms with Gasteiger partial charge in [0.1, 0.15) is 10.7 Å². The lowest BCUT2D eigenvalue weighted by molar-refractivity contribution is 0.613. The van der Waals surface area contributed by atoms with Crippen LogP contribution < -0.4 is 5.32 Å². The molecule has 0 fully saturated rings. The molecule has 0 atom stereocenters. The number of fused-ring (bicyclic) bond motifs is 1. The first kappa shape index (κ1) is 13.9. The van der Waals surface area contributed by atoms with E-state index in [0.29, 0.717) is 11.2 Å². The molecule has 2 aromatic heterocycles. The Kier molecular flexibility index (Phi) is 3.80. The highest BCUT2D eigenvalue weighted by molar-refractivity contribution is 6.30. The molecule has 0 aliphatic heterocycles. The van der Waals surface area contributed by atoms with Crippen LogP contribution in [0.4, 0.5) is 5.69 Å². The summed E-state index contributed by atoms with van der Waals surface area (Å²) in [6.45, 7) is 4.92. The van der Waals surface area contributed by atoms with Crippen molar-refractivity contribution in [2.45, 2.75) is 26.4 Å². The van der Waals surface area contributed by atoms with Crippen molar-refractivity contribution < 1.29 is 0 Å². The molecule has 0 bridgehead atoms. The van der Waals surface area contributed by atoms with Gasteiger partial charge in [0.25, 0.3) is 0 Å². The minimum absolute atomic E-state index is 0.294. The molecule has 0 spiro atoms. The number of halogens is 1. The molecule has 0 saturated carbocycles. The maximum Gasteiger partial charge on any atom is 0.163 e. The van der Waals surface area contributed by atoms with E-state index in [1.54, 1.807) is 0 Å². The molecular weight excluding hydrogens is 284 g/mol. The first-order chi connectivity index (χ1) is 10.1. The summed E-state index contributed by atoms with van der Waals surface area (Å²) in [5.74, 6) is 0. The van der Waals surface area contributed by atoms with Gasteiger partial charge in [-0.25, -0.2) is 9.97 Å². The van der Waals surface area contributed by atoms with Crippen molar-refractivity contribution in [1.82, 2.24) is 14.5 Å². The van der Waals surface area contributed by atoms with Gasteiger partial charge in [-0.2, -0.15) is 0 Å². The maximum atomic E-state index is 6.15.